The number of hydrogen-bond donors (Lipinski definition) is 4. The van der Waals surface area contributed by atoms with Crippen LogP contribution in [0.1, 0.15) is 20.3 Å². The average Bonchev–Trinajstić information content (AvgIpc) is 2.36. The van der Waals surface area contributed by atoms with Crippen LogP contribution in [0.15, 0.2) is 4.99 Å². The number of aliphatic imine (C=N–C) groups is 1. The maximum absolute atomic E-state index is 11.6. The average molecular weight is 259 g/mol. The summed E-state index contributed by atoms with van der Waals surface area (Å²) in [5.74, 6) is 5.77. The Bertz CT molecular complexity index is 279. The number of hydrogen-bond acceptors (Lipinski definition) is 4. The topological polar surface area (TPSA) is 101 Å². The molecular formula is C11H25N5O2. The van der Waals surface area contributed by atoms with Crippen LogP contribution in [0.25, 0.3) is 0 Å². The second kappa shape index (κ2) is 8.71. The number of carbonyl (C=O) groups excluding carboxylic acids is 1. The van der Waals surface area contributed by atoms with Crippen molar-refractivity contribution in [2.75, 3.05) is 33.9 Å². The van der Waals surface area contributed by atoms with E-state index >= 15 is 0 Å². The molecule has 0 saturated heterocycles. The van der Waals surface area contributed by atoms with Crippen LogP contribution in [0.4, 0.5) is 0 Å². The minimum absolute atomic E-state index is 0.0537. The van der Waals surface area contributed by atoms with Gasteiger partial charge in [-0.25, -0.2) is 5.84 Å². The number of carbonyl (C=O) groups is 1. The predicted molar refractivity (Wildman–Crippen MR) is 72.0 cm³/mol. The first kappa shape index (κ1) is 16.7. The zero-order valence-corrected chi connectivity index (χ0v) is 11.7. The molecule has 1 amide bonds. The zero-order chi connectivity index (χ0) is 14.0. The van der Waals surface area contributed by atoms with Crippen LogP contribution < -0.4 is 21.9 Å². The molecule has 0 fully saturated rings. The van der Waals surface area contributed by atoms with Gasteiger partial charge in [0.15, 0.2) is 0 Å². The van der Waals surface area contributed by atoms with Crippen LogP contribution in [0.2, 0.25) is 0 Å². The van der Waals surface area contributed by atoms with Crippen molar-refractivity contribution in [3.8, 4) is 0 Å². The van der Waals surface area contributed by atoms with Gasteiger partial charge in [0.2, 0.25) is 11.9 Å². The summed E-state index contributed by atoms with van der Waals surface area (Å²) in [5, 5.41) is 5.65. The van der Waals surface area contributed by atoms with Crippen molar-refractivity contribution in [1.82, 2.24) is 16.1 Å². The highest BCUT2D eigenvalue weighted by atomic mass is 16.5. The van der Waals surface area contributed by atoms with E-state index < -0.39 is 5.41 Å². The maximum atomic E-state index is 11.6. The lowest BCUT2D eigenvalue weighted by atomic mass is 9.93. The normalized spacial score (nSPS) is 12.2. The van der Waals surface area contributed by atoms with E-state index in [2.05, 4.69) is 21.1 Å². The maximum Gasteiger partial charge on any atom is 0.227 e. The second-order valence-corrected chi connectivity index (χ2v) is 4.55. The van der Waals surface area contributed by atoms with Gasteiger partial charge in [0, 0.05) is 27.3 Å². The zero-order valence-electron chi connectivity index (χ0n) is 11.7. The summed E-state index contributed by atoms with van der Waals surface area (Å²) in [6.07, 6.45) is 0.857. The molecule has 7 heteroatoms. The third-order valence-corrected chi connectivity index (χ3v) is 2.43. The molecule has 0 bridgehead atoms. The fourth-order valence-corrected chi connectivity index (χ4v) is 1.26. The molecular weight excluding hydrogens is 234 g/mol. The molecule has 0 atom stereocenters. The van der Waals surface area contributed by atoms with Crippen molar-refractivity contribution in [1.29, 1.82) is 0 Å². The quantitative estimate of drug-likeness (QED) is 0.158. The summed E-state index contributed by atoms with van der Waals surface area (Å²) >= 11 is 0. The first-order chi connectivity index (χ1) is 8.47. The van der Waals surface area contributed by atoms with Gasteiger partial charge in [-0.15, -0.1) is 0 Å². The third-order valence-electron chi connectivity index (χ3n) is 2.43. The van der Waals surface area contributed by atoms with E-state index in [9.17, 15) is 4.79 Å². The summed E-state index contributed by atoms with van der Waals surface area (Å²) in [4.78, 5) is 15.8. The summed E-state index contributed by atoms with van der Waals surface area (Å²) < 4.78 is 4.93. The lowest BCUT2D eigenvalue weighted by Crippen LogP contribution is -2.44. The highest BCUT2D eigenvalue weighted by Crippen LogP contribution is 2.14. The van der Waals surface area contributed by atoms with E-state index in [4.69, 9.17) is 10.6 Å². The van der Waals surface area contributed by atoms with E-state index in [-0.39, 0.29) is 5.91 Å². The van der Waals surface area contributed by atoms with Crippen LogP contribution in [0.5, 0.6) is 0 Å². The van der Waals surface area contributed by atoms with Crippen LogP contribution in [0.3, 0.4) is 0 Å². The van der Waals surface area contributed by atoms with E-state index in [0.717, 1.165) is 6.42 Å². The summed E-state index contributed by atoms with van der Waals surface area (Å²) in [6, 6.07) is 0. The van der Waals surface area contributed by atoms with Crippen molar-refractivity contribution < 1.29 is 9.53 Å². The molecule has 0 radical (unpaired) electrons. The number of methoxy groups -OCH3 is 1. The van der Waals surface area contributed by atoms with Crippen molar-refractivity contribution in [3.05, 3.63) is 0 Å². The van der Waals surface area contributed by atoms with Crippen LogP contribution in [-0.4, -0.2) is 45.7 Å². The number of hydrazine groups is 1. The van der Waals surface area contributed by atoms with Gasteiger partial charge in [0.25, 0.3) is 0 Å². The molecule has 0 aromatic heterocycles. The van der Waals surface area contributed by atoms with Crippen molar-refractivity contribution in [2.45, 2.75) is 20.3 Å². The molecule has 18 heavy (non-hydrogen) atoms. The van der Waals surface area contributed by atoms with Crippen LogP contribution >= 0.6 is 0 Å². The SMILES string of the molecule is CNC(=O)C(C)(C)CN=C(NN)NCCCOC. The summed E-state index contributed by atoms with van der Waals surface area (Å²) in [6.45, 7) is 5.39. The molecule has 0 aromatic rings. The number of guanidine groups is 1. The molecule has 0 spiro atoms. The Hall–Kier alpha value is -1.34. The molecule has 106 valence electrons. The van der Waals surface area contributed by atoms with E-state index in [0.29, 0.717) is 25.7 Å². The molecule has 0 rings (SSSR count). The Morgan fingerprint density at radius 1 is 1.44 bits per heavy atom. The van der Waals surface area contributed by atoms with Crippen LogP contribution in [0, 0.1) is 5.41 Å². The monoisotopic (exact) mass is 259 g/mol. The number of nitrogens with one attached hydrogen (secondary N) is 3. The number of amides is 1. The highest BCUT2D eigenvalue weighted by molar-refractivity contribution is 5.83. The van der Waals surface area contributed by atoms with Gasteiger partial charge in [0.05, 0.1) is 12.0 Å². The lowest BCUT2D eigenvalue weighted by molar-refractivity contribution is -0.128. The number of ether oxygens (including phenoxy) is 1. The minimum Gasteiger partial charge on any atom is -0.385 e. The summed E-state index contributed by atoms with van der Waals surface area (Å²) in [5.41, 5.74) is 1.91. The number of nitrogens with zero attached hydrogens (tertiary/aromatic N) is 1. The molecule has 0 aliphatic rings. The van der Waals surface area contributed by atoms with Gasteiger partial charge in [-0.2, -0.15) is 0 Å². The van der Waals surface area contributed by atoms with Gasteiger partial charge >= 0.3 is 0 Å². The van der Waals surface area contributed by atoms with Gasteiger partial charge in [-0.1, -0.05) is 0 Å². The number of rotatable bonds is 7. The van der Waals surface area contributed by atoms with E-state index in [1.807, 2.05) is 13.8 Å². The van der Waals surface area contributed by atoms with Gasteiger partial charge in [0.1, 0.15) is 0 Å². The fourth-order valence-electron chi connectivity index (χ4n) is 1.26. The lowest BCUT2D eigenvalue weighted by Gasteiger charge is -2.20. The van der Waals surface area contributed by atoms with Crippen LogP contribution in [-0.2, 0) is 9.53 Å². The van der Waals surface area contributed by atoms with Gasteiger partial charge in [-0.3, -0.25) is 15.2 Å². The van der Waals surface area contributed by atoms with Gasteiger partial charge < -0.3 is 15.4 Å². The highest BCUT2D eigenvalue weighted by Gasteiger charge is 2.26. The minimum atomic E-state index is -0.564. The summed E-state index contributed by atoms with van der Waals surface area (Å²) in [7, 11) is 3.26. The molecule has 0 heterocycles. The molecule has 0 saturated carbocycles. The van der Waals surface area contributed by atoms with Crippen molar-refractivity contribution in [2.24, 2.45) is 16.3 Å². The largest absolute Gasteiger partial charge is 0.385 e. The fraction of sp³-hybridized carbons (Fsp3) is 0.818. The van der Waals surface area contributed by atoms with E-state index in [1.165, 1.54) is 0 Å². The molecule has 0 unspecified atom stereocenters. The smallest absolute Gasteiger partial charge is 0.227 e. The third kappa shape index (κ3) is 6.41. The first-order valence-corrected chi connectivity index (χ1v) is 5.94. The number of nitrogens with two attached hydrogens (primary N) is 1. The predicted octanol–water partition coefficient (Wildman–Crippen LogP) is -0.796. The first-order valence-electron chi connectivity index (χ1n) is 5.94. The Morgan fingerprint density at radius 2 is 2.11 bits per heavy atom. The van der Waals surface area contributed by atoms with Gasteiger partial charge in [-0.05, 0) is 20.3 Å². The molecule has 7 nitrogen and oxygen atoms in total. The molecule has 0 aromatic carbocycles. The Morgan fingerprint density at radius 3 is 2.61 bits per heavy atom. The van der Waals surface area contributed by atoms with E-state index in [1.54, 1.807) is 14.2 Å². The molecule has 0 aliphatic heterocycles. The molecule has 0 aliphatic carbocycles. The second-order valence-electron chi connectivity index (χ2n) is 4.55. The van der Waals surface area contributed by atoms with Crippen molar-refractivity contribution in [3.63, 3.8) is 0 Å². The molecule has 5 N–H and O–H groups in total. The Labute approximate surface area is 109 Å². The Kier molecular flexibility index (Phi) is 8.06. The Balaban J connectivity index is 4.22. The van der Waals surface area contributed by atoms with Crippen molar-refractivity contribution >= 4 is 11.9 Å². The standard InChI is InChI=1S/C11H25N5O2/c1-11(2,9(17)13-3)8-15-10(16-12)14-6-5-7-18-4/h5-8,12H2,1-4H3,(H,13,17)(H2,14,15,16).